The van der Waals surface area contributed by atoms with Crippen LogP contribution in [0.5, 0.6) is 5.75 Å². The molecule has 36 heavy (non-hydrogen) atoms. The van der Waals surface area contributed by atoms with Crippen molar-refractivity contribution >= 4 is 35.0 Å². The molecule has 0 unspecified atom stereocenters. The molecule has 2 amide bonds. The van der Waals surface area contributed by atoms with E-state index in [-0.39, 0.29) is 11.8 Å². The Morgan fingerprint density at radius 3 is 2.56 bits per heavy atom. The van der Waals surface area contributed by atoms with Crippen LogP contribution in [0.25, 0.3) is 0 Å². The smallest absolute Gasteiger partial charge is 0.256 e. The Bertz CT molecular complexity index is 1240. The fourth-order valence-electron chi connectivity index (χ4n) is 4.54. The highest BCUT2D eigenvalue weighted by Gasteiger charge is 2.21. The third-order valence-corrected chi connectivity index (χ3v) is 7.74. The van der Waals surface area contributed by atoms with E-state index < -0.39 is 0 Å². The van der Waals surface area contributed by atoms with Gasteiger partial charge in [-0.2, -0.15) is 0 Å². The maximum atomic E-state index is 12.8. The molecule has 0 saturated carbocycles. The molecule has 0 spiro atoms. The summed E-state index contributed by atoms with van der Waals surface area (Å²) >= 11 is 1.54. The second kappa shape index (κ2) is 11.1. The van der Waals surface area contributed by atoms with Gasteiger partial charge in [0.15, 0.2) is 0 Å². The van der Waals surface area contributed by atoms with Crippen LogP contribution in [0.4, 0.5) is 11.4 Å². The Balaban J connectivity index is 1.08. The summed E-state index contributed by atoms with van der Waals surface area (Å²) < 4.78 is 5.25. The summed E-state index contributed by atoms with van der Waals surface area (Å²) in [6.45, 7) is 5.55. The number of carbonyl (C=O) groups is 2. The lowest BCUT2D eigenvalue weighted by Gasteiger charge is -2.36. The fraction of sp³-hybridized carbons (Fsp3) is 0.286. The number of nitrogens with one attached hydrogen (secondary N) is 2. The van der Waals surface area contributed by atoms with Crippen LogP contribution in [0.1, 0.15) is 27.1 Å². The molecule has 0 radical (unpaired) electrons. The van der Waals surface area contributed by atoms with Crippen molar-refractivity contribution < 1.29 is 14.3 Å². The molecule has 1 saturated heterocycles. The molecule has 5 rings (SSSR count). The molecule has 3 aromatic rings. The van der Waals surface area contributed by atoms with E-state index in [1.54, 1.807) is 13.2 Å². The Kier molecular flexibility index (Phi) is 7.44. The normalized spacial score (nSPS) is 15.4. The highest BCUT2D eigenvalue weighted by molar-refractivity contribution is 7.99. The molecule has 2 aliphatic rings. The number of ether oxygens (including phenoxy) is 1. The Morgan fingerprint density at radius 1 is 1.00 bits per heavy atom. The molecule has 2 heterocycles. The van der Waals surface area contributed by atoms with Gasteiger partial charge in [0.2, 0.25) is 0 Å². The number of piperazine rings is 1. The highest BCUT2D eigenvalue weighted by Crippen LogP contribution is 2.39. The van der Waals surface area contributed by atoms with E-state index in [1.807, 2.05) is 48.5 Å². The fourth-order valence-corrected chi connectivity index (χ4v) is 5.55. The van der Waals surface area contributed by atoms with Gasteiger partial charge in [-0.25, -0.2) is 0 Å². The minimum Gasteiger partial charge on any atom is -0.497 e. The first-order chi connectivity index (χ1) is 17.6. The highest BCUT2D eigenvalue weighted by atomic mass is 32.2. The standard InChI is InChI=1S/C28H30N4O3S/c1-35-22-10-8-21(9-11-22)32-17-15-31(16-18-32)14-4-13-29-27(33)20-7-12-26-24(19-20)30-28(34)23-5-2-3-6-25(23)36-26/h2-3,5-12,19H,4,13-18H2,1H3,(H,29,33)(H,30,34). The van der Waals surface area contributed by atoms with E-state index in [4.69, 9.17) is 4.74 Å². The number of methoxy groups -OCH3 is 1. The first kappa shape index (κ1) is 24.2. The molecule has 2 aliphatic heterocycles. The topological polar surface area (TPSA) is 73.9 Å². The predicted octanol–water partition coefficient (Wildman–Crippen LogP) is 4.35. The van der Waals surface area contributed by atoms with E-state index in [9.17, 15) is 9.59 Å². The molecule has 0 bridgehead atoms. The molecule has 0 aromatic heterocycles. The second-order valence-electron chi connectivity index (χ2n) is 8.90. The summed E-state index contributed by atoms with van der Waals surface area (Å²) in [6, 6.07) is 21.2. The number of hydrogen-bond donors (Lipinski definition) is 2. The SMILES string of the molecule is COc1ccc(N2CCN(CCCNC(=O)c3ccc4c(c3)NC(=O)c3ccccc3S4)CC2)cc1. The number of benzene rings is 3. The zero-order valence-electron chi connectivity index (χ0n) is 20.3. The van der Waals surface area contributed by atoms with Gasteiger partial charge in [-0.05, 0) is 67.6 Å². The maximum Gasteiger partial charge on any atom is 0.256 e. The van der Waals surface area contributed by atoms with Gasteiger partial charge >= 0.3 is 0 Å². The van der Waals surface area contributed by atoms with Gasteiger partial charge in [-0.1, -0.05) is 23.9 Å². The van der Waals surface area contributed by atoms with Crippen molar-refractivity contribution in [1.29, 1.82) is 0 Å². The summed E-state index contributed by atoms with van der Waals surface area (Å²) in [7, 11) is 1.68. The molecular weight excluding hydrogens is 472 g/mol. The molecule has 3 aromatic carbocycles. The number of carbonyl (C=O) groups excluding carboxylic acids is 2. The molecule has 1 fully saturated rings. The summed E-state index contributed by atoms with van der Waals surface area (Å²) in [5, 5.41) is 5.98. The van der Waals surface area contributed by atoms with Gasteiger partial charge in [0.25, 0.3) is 11.8 Å². The number of fused-ring (bicyclic) bond motifs is 2. The first-order valence-corrected chi connectivity index (χ1v) is 13.0. The van der Waals surface area contributed by atoms with E-state index in [2.05, 4.69) is 32.6 Å². The first-order valence-electron chi connectivity index (χ1n) is 12.2. The molecule has 186 valence electrons. The van der Waals surface area contributed by atoms with Crippen molar-refractivity contribution in [3.63, 3.8) is 0 Å². The number of nitrogens with zero attached hydrogens (tertiary/aromatic N) is 2. The van der Waals surface area contributed by atoms with Crippen LogP contribution in [-0.4, -0.2) is 63.1 Å². The molecular formula is C28H30N4O3S. The third kappa shape index (κ3) is 5.50. The van der Waals surface area contributed by atoms with Crippen molar-refractivity contribution in [2.75, 3.05) is 56.6 Å². The quantitative estimate of drug-likeness (QED) is 0.468. The van der Waals surface area contributed by atoms with Crippen LogP contribution >= 0.6 is 11.8 Å². The number of hydrogen-bond acceptors (Lipinski definition) is 6. The zero-order chi connectivity index (χ0) is 24.9. The molecule has 0 atom stereocenters. The molecule has 2 N–H and O–H groups in total. The maximum absolute atomic E-state index is 12.8. The van der Waals surface area contributed by atoms with Gasteiger partial charge in [0, 0.05) is 53.8 Å². The Morgan fingerprint density at radius 2 is 1.78 bits per heavy atom. The minimum atomic E-state index is -0.151. The summed E-state index contributed by atoms with van der Waals surface area (Å²) in [5.74, 6) is 0.601. The van der Waals surface area contributed by atoms with Crippen molar-refractivity contribution in [2.24, 2.45) is 0 Å². The van der Waals surface area contributed by atoms with E-state index in [0.717, 1.165) is 54.7 Å². The summed E-state index contributed by atoms with van der Waals surface area (Å²) in [5.41, 5.74) is 3.09. The van der Waals surface area contributed by atoms with Crippen LogP contribution in [0.15, 0.2) is 76.5 Å². The summed E-state index contributed by atoms with van der Waals surface area (Å²) in [6.07, 6.45) is 0.890. The zero-order valence-corrected chi connectivity index (χ0v) is 21.1. The van der Waals surface area contributed by atoms with Crippen LogP contribution in [0, 0.1) is 0 Å². The van der Waals surface area contributed by atoms with Gasteiger partial charge in [-0.3, -0.25) is 14.5 Å². The van der Waals surface area contributed by atoms with Gasteiger partial charge in [-0.15, -0.1) is 0 Å². The monoisotopic (exact) mass is 502 g/mol. The summed E-state index contributed by atoms with van der Waals surface area (Å²) in [4.78, 5) is 32.0. The third-order valence-electron chi connectivity index (χ3n) is 6.59. The molecule has 0 aliphatic carbocycles. The van der Waals surface area contributed by atoms with Crippen molar-refractivity contribution in [3.05, 3.63) is 77.9 Å². The Labute approximate surface area is 215 Å². The number of amides is 2. The van der Waals surface area contributed by atoms with E-state index in [1.165, 1.54) is 17.4 Å². The average Bonchev–Trinajstić information content (AvgIpc) is 3.06. The van der Waals surface area contributed by atoms with Gasteiger partial charge in [0.05, 0.1) is 18.4 Å². The van der Waals surface area contributed by atoms with E-state index in [0.29, 0.717) is 23.4 Å². The second-order valence-corrected chi connectivity index (χ2v) is 9.98. The van der Waals surface area contributed by atoms with Crippen molar-refractivity contribution in [3.8, 4) is 5.75 Å². The minimum absolute atomic E-state index is 0.122. The van der Waals surface area contributed by atoms with Crippen LogP contribution in [0.3, 0.4) is 0 Å². The van der Waals surface area contributed by atoms with Gasteiger partial charge < -0.3 is 20.3 Å². The van der Waals surface area contributed by atoms with Gasteiger partial charge in [0.1, 0.15) is 5.75 Å². The van der Waals surface area contributed by atoms with Crippen LogP contribution in [0.2, 0.25) is 0 Å². The number of anilines is 2. The van der Waals surface area contributed by atoms with Crippen molar-refractivity contribution in [2.45, 2.75) is 16.2 Å². The molecule has 7 nitrogen and oxygen atoms in total. The lowest BCUT2D eigenvalue weighted by Crippen LogP contribution is -2.47. The lowest BCUT2D eigenvalue weighted by molar-refractivity contribution is 0.0950. The van der Waals surface area contributed by atoms with Crippen LogP contribution < -0.4 is 20.3 Å². The predicted molar refractivity (Wildman–Crippen MR) is 144 cm³/mol. The van der Waals surface area contributed by atoms with Crippen molar-refractivity contribution in [1.82, 2.24) is 10.2 Å². The van der Waals surface area contributed by atoms with E-state index >= 15 is 0 Å². The average molecular weight is 503 g/mol. The lowest BCUT2D eigenvalue weighted by atomic mass is 10.1. The Hall–Kier alpha value is -3.49. The number of rotatable bonds is 7. The van der Waals surface area contributed by atoms with Crippen LogP contribution in [-0.2, 0) is 0 Å². The molecule has 8 heteroatoms. The largest absolute Gasteiger partial charge is 0.497 e.